The summed E-state index contributed by atoms with van der Waals surface area (Å²) in [6.45, 7) is 0.559. The van der Waals surface area contributed by atoms with E-state index in [1.54, 1.807) is 24.3 Å². The molecule has 0 radical (unpaired) electrons. The van der Waals surface area contributed by atoms with Crippen molar-refractivity contribution in [2.45, 2.75) is 23.8 Å². The van der Waals surface area contributed by atoms with E-state index in [1.807, 2.05) is 0 Å². The Bertz CT molecular complexity index is 1220. The monoisotopic (exact) mass is 484 g/mol. The number of nitrogens with zero attached hydrogens (tertiary/aromatic N) is 3. The Labute approximate surface area is 206 Å². The smallest absolute Gasteiger partial charge is 0.494 e. The van der Waals surface area contributed by atoms with Gasteiger partial charge in [0, 0.05) is 12.4 Å². The molecular weight excluding hydrogens is 463 g/mol. The molecule has 0 fully saturated rings. The van der Waals surface area contributed by atoms with Crippen molar-refractivity contribution in [2.75, 3.05) is 13.2 Å². The third kappa shape index (κ3) is 7.44. The van der Waals surface area contributed by atoms with Crippen LogP contribution in [0.2, 0.25) is 0 Å². The van der Waals surface area contributed by atoms with Gasteiger partial charge in [-0.3, -0.25) is 10.3 Å². The summed E-state index contributed by atoms with van der Waals surface area (Å²) in [7, 11) is -4.21. The molecule has 1 atom stereocenters. The summed E-state index contributed by atoms with van der Waals surface area (Å²) in [5.74, 6) is -1.21. The quantitative estimate of drug-likeness (QED) is 0.0743. The van der Waals surface area contributed by atoms with E-state index in [4.69, 9.17) is 20.7 Å². The number of guanidine groups is 1. The van der Waals surface area contributed by atoms with Crippen molar-refractivity contribution in [2.24, 2.45) is 5.73 Å². The summed E-state index contributed by atoms with van der Waals surface area (Å²) >= 11 is 0. The van der Waals surface area contributed by atoms with Gasteiger partial charge in [-0.15, -0.1) is 0 Å². The Balaban J connectivity index is 0.00000408. The largest absolute Gasteiger partial charge is 1.00 e. The number of sulfonamides is 1. The van der Waals surface area contributed by atoms with Gasteiger partial charge >= 0.3 is 24.8 Å². The van der Waals surface area contributed by atoms with Crippen LogP contribution in [0.5, 0.6) is 5.75 Å². The fraction of sp³-hybridized carbons (Fsp3) is 0.263. The fourth-order valence-corrected chi connectivity index (χ4v) is 4.15. The molecule has 1 heterocycles. The summed E-state index contributed by atoms with van der Waals surface area (Å²) in [5.41, 5.74) is 9.13. The fourth-order valence-electron chi connectivity index (χ4n) is 2.81. The van der Waals surface area contributed by atoms with Gasteiger partial charge in [0.25, 0.3) is 0 Å². The molecule has 3 aromatic rings. The van der Waals surface area contributed by atoms with Gasteiger partial charge in [0.05, 0.1) is 13.2 Å². The summed E-state index contributed by atoms with van der Waals surface area (Å²) in [6, 6.07) is 9.43. The summed E-state index contributed by atoms with van der Waals surface area (Å²) in [4.78, 5) is 16.3. The molecule has 13 nitrogen and oxygen atoms in total. The van der Waals surface area contributed by atoms with Crippen molar-refractivity contribution in [3.8, 4) is 5.75 Å². The Morgan fingerprint density at radius 3 is 2.62 bits per heavy atom. The topological polar surface area (TPSA) is 205 Å². The van der Waals surface area contributed by atoms with Gasteiger partial charge in [0.1, 0.15) is 22.2 Å². The van der Waals surface area contributed by atoms with E-state index in [-0.39, 0.29) is 47.8 Å². The zero-order valence-electron chi connectivity index (χ0n) is 18.2. The summed E-state index contributed by atoms with van der Waals surface area (Å²) < 4.78 is 37.9. The van der Waals surface area contributed by atoms with Crippen molar-refractivity contribution in [3.05, 3.63) is 53.5 Å². The Morgan fingerprint density at radius 1 is 1.21 bits per heavy atom. The molecule has 0 aliphatic rings. The van der Waals surface area contributed by atoms with E-state index in [9.17, 15) is 18.3 Å². The van der Waals surface area contributed by atoms with Gasteiger partial charge < -0.3 is 25.8 Å². The predicted molar refractivity (Wildman–Crippen MR) is 115 cm³/mol. The number of carbonyl (C=O) groups is 1. The number of benzene rings is 2. The number of nitrogens with one attached hydrogen (secondary N) is 2. The van der Waals surface area contributed by atoms with Crippen LogP contribution in [-0.4, -0.2) is 55.0 Å². The van der Waals surface area contributed by atoms with Crippen LogP contribution in [0, 0.1) is 5.41 Å². The van der Waals surface area contributed by atoms with Gasteiger partial charge in [-0.25, -0.2) is 13.0 Å². The number of hydrogen-bond donors (Lipinski definition) is 4. The number of ether oxygens (including phenoxy) is 1. The average molecular weight is 484 g/mol. The number of fused-ring (bicyclic) bond motifs is 1. The molecule has 1 aromatic heterocycles. The maximum Gasteiger partial charge on any atom is 1.00 e. The third-order valence-electron chi connectivity index (χ3n) is 4.31. The Morgan fingerprint density at radius 2 is 1.94 bits per heavy atom. The van der Waals surface area contributed by atoms with Gasteiger partial charge in [-0.05, 0) is 46.6 Å². The zero-order chi connectivity index (χ0) is 23.8. The van der Waals surface area contributed by atoms with E-state index in [0.717, 1.165) is 0 Å². The first-order chi connectivity index (χ1) is 15.8. The number of hydrogen-bond acceptors (Lipinski definition) is 9. The van der Waals surface area contributed by atoms with E-state index < -0.39 is 28.0 Å². The van der Waals surface area contributed by atoms with Gasteiger partial charge in [-0.2, -0.15) is 4.72 Å². The van der Waals surface area contributed by atoms with Crippen molar-refractivity contribution in [1.29, 1.82) is 5.41 Å². The number of rotatable bonds is 12. The maximum atomic E-state index is 12.8. The molecule has 0 saturated heterocycles. The third-order valence-corrected chi connectivity index (χ3v) is 5.81. The molecule has 2 aromatic carbocycles. The number of aliphatic carboxylic acids is 1. The van der Waals surface area contributed by atoms with Crippen LogP contribution in [0.3, 0.4) is 0 Å². The molecule has 5 N–H and O–H groups in total. The molecule has 0 bridgehead atoms. The Kier molecular flexibility index (Phi) is 9.84. The molecule has 34 heavy (non-hydrogen) atoms. The second kappa shape index (κ2) is 12.3. The second-order valence-corrected chi connectivity index (χ2v) is 8.44. The van der Waals surface area contributed by atoms with Crippen LogP contribution < -0.4 is 34.1 Å². The second-order valence-electron chi connectivity index (χ2n) is 6.76. The maximum absolute atomic E-state index is 12.8. The van der Waals surface area contributed by atoms with Gasteiger partial charge in [0.2, 0.25) is 10.0 Å². The molecule has 0 aliphatic heterocycles. The predicted octanol–water partition coefficient (Wildman–Crippen LogP) is -1.83. The van der Waals surface area contributed by atoms with E-state index in [2.05, 4.69) is 25.1 Å². The minimum Gasteiger partial charge on any atom is -0.494 e. The first-order valence-corrected chi connectivity index (χ1v) is 11.1. The zero-order valence-corrected chi connectivity index (χ0v) is 19.0. The molecule has 176 valence electrons. The van der Waals surface area contributed by atoms with Gasteiger partial charge in [0.15, 0.2) is 5.52 Å². The normalized spacial score (nSPS) is 12.0. The summed E-state index contributed by atoms with van der Waals surface area (Å²) in [5, 5.41) is 23.6. The SMILES string of the molecule is N=C(N)[N-]OCCCOc1ccc(C[C@H](NS(=O)(=O)c2cccc3nonc23)C(=O)O)cc1.[Li+]. The molecule has 0 spiro atoms. The standard InChI is InChI=1S/C19H22N6O7S.Li/c20-19(21)24-31-10-2-9-30-13-7-5-12(6-8-13)11-15(18(26)27)25-33(28,29)16-4-1-3-14-17(16)23-32-22-14;/h1,3-8,15,25H,2,9-11H2,(H5,20,21,24,26,27);/q;+1/p-1/t15-;/m0./s1. The van der Waals surface area contributed by atoms with Crippen LogP contribution in [0.4, 0.5) is 0 Å². The number of nitrogens with two attached hydrogens (primary N) is 1. The van der Waals surface area contributed by atoms with Crippen LogP contribution in [0.25, 0.3) is 16.5 Å². The number of aromatic nitrogens is 2. The van der Waals surface area contributed by atoms with E-state index in [1.165, 1.54) is 18.2 Å². The molecule has 3 rings (SSSR count). The number of carboxylic acids is 1. The van der Waals surface area contributed by atoms with Crippen molar-refractivity contribution < 1.29 is 51.4 Å². The first-order valence-electron chi connectivity index (χ1n) is 9.61. The molecule has 0 aliphatic carbocycles. The summed E-state index contributed by atoms with van der Waals surface area (Å²) in [6.07, 6.45) is 0.414. The van der Waals surface area contributed by atoms with E-state index in [0.29, 0.717) is 24.3 Å². The number of hydroxylamine groups is 1. The van der Waals surface area contributed by atoms with Crippen LogP contribution >= 0.6 is 0 Å². The average Bonchev–Trinajstić information content (AvgIpc) is 3.25. The van der Waals surface area contributed by atoms with Crippen molar-refractivity contribution >= 4 is 33.0 Å². The molecule has 15 heteroatoms. The first kappa shape index (κ1) is 27.1. The molecule has 0 saturated carbocycles. The minimum atomic E-state index is -4.21. The molecular formula is C19H21LiN6O7S. The van der Waals surface area contributed by atoms with Crippen molar-refractivity contribution in [1.82, 2.24) is 15.0 Å². The Hall–Kier alpha value is -3.15. The number of carboxylic acid groups (broad SMARTS) is 1. The minimum absolute atomic E-state index is 0. The van der Waals surface area contributed by atoms with Crippen LogP contribution in [0.15, 0.2) is 52.0 Å². The molecule has 0 amide bonds. The van der Waals surface area contributed by atoms with Crippen molar-refractivity contribution in [3.63, 3.8) is 0 Å². The van der Waals surface area contributed by atoms with E-state index >= 15 is 0 Å². The van der Waals surface area contributed by atoms with Crippen LogP contribution in [-0.2, 0) is 26.1 Å². The van der Waals surface area contributed by atoms with Gasteiger partial charge in [-0.1, -0.05) is 18.2 Å². The molecule has 0 unspecified atom stereocenters. The van der Waals surface area contributed by atoms with Crippen LogP contribution in [0.1, 0.15) is 12.0 Å².